The average Bonchev–Trinajstić information content (AvgIpc) is 2.88. The maximum atomic E-state index is 5.65. The molecule has 0 spiro atoms. The van der Waals surface area contributed by atoms with Gasteiger partial charge in [0.05, 0.1) is 5.01 Å². The molecule has 1 aliphatic heterocycles. The zero-order valence-electron chi connectivity index (χ0n) is 9.11. The first kappa shape index (κ1) is 11.4. The second kappa shape index (κ2) is 5.32. The van der Waals surface area contributed by atoms with E-state index in [-0.39, 0.29) is 0 Å². The molecule has 0 bridgehead atoms. The van der Waals surface area contributed by atoms with E-state index in [9.17, 15) is 0 Å². The molecule has 1 aromatic heterocycles. The van der Waals surface area contributed by atoms with E-state index in [0.29, 0.717) is 5.92 Å². The number of thiazole rings is 1. The highest BCUT2D eigenvalue weighted by Gasteiger charge is 2.18. The van der Waals surface area contributed by atoms with E-state index < -0.39 is 0 Å². The van der Waals surface area contributed by atoms with Crippen LogP contribution in [0.2, 0.25) is 0 Å². The van der Waals surface area contributed by atoms with Crippen LogP contribution in [-0.2, 0) is 6.42 Å². The van der Waals surface area contributed by atoms with Gasteiger partial charge in [-0.3, -0.25) is 0 Å². The van der Waals surface area contributed by atoms with Crippen LogP contribution in [0.1, 0.15) is 35.6 Å². The van der Waals surface area contributed by atoms with Crippen molar-refractivity contribution in [2.45, 2.75) is 37.4 Å². The van der Waals surface area contributed by atoms with Crippen LogP contribution >= 0.6 is 23.1 Å². The Balaban J connectivity index is 1.94. The fourth-order valence-corrected chi connectivity index (χ4v) is 4.21. The van der Waals surface area contributed by atoms with Crippen molar-refractivity contribution in [3.05, 3.63) is 16.1 Å². The molecule has 15 heavy (non-hydrogen) atoms. The number of aromatic nitrogens is 1. The Morgan fingerprint density at radius 2 is 2.53 bits per heavy atom. The molecule has 1 saturated heterocycles. The first-order valence-corrected chi connectivity index (χ1v) is 7.42. The Hall–Kier alpha value is -0.0600. The third kappa shape index (κ3) is 2.95. The van der Waals surface area contributed by atoms with Crippen molar-refractivity contribution in [3.8, 4) is 0 Å². The normalized spacial score (nSPS) is 23.2. The number of rotatable bonds is 4. The molecule has 2 heterocycles. The fraction of sp³-hybridized carbons (Fsp3) is 0.727. The number of nitrogens with two attached hydrogens (primary N) is 1. The SMILES string of the molecule is CC(CN)c1cnc(CC2CCCS2)s1. The topological polar surface area (TPSA) is 38.9 Å². The van der Waals surface area contributed by atoms with Gasteiger partial charge in [0.1, 0.15) is 0 Å². The van der Waals surface area contributed by atoms with Crippen LogP contribution in [-0.4, -0.2) is 22.5 Å². The van der Waals surface area contributed by atoms with Gasteiger partial charge in [-0.2, -0.15) is 11.8 Å². The van der Waals surface area contributed by atoms with E-state index in [1.54, 1.807) is 0 Å². The van der Waals surface area contributed by atoms with Crippen molar-refractivity contribution in [1.82, 2.24) is 4.98 Å². The molecule has 2 nitrogen and oxygen atoms in total. The number of thioether (sulfide) groups is 1. The highest BCUT2D eigenvalue weighted by Crippen LogP contribution is 2.31. The summed E-state index contributed by atoms with van der Waals surface area (Å²) >= 11 is 3.95. The van der Waals surface area contributed by atoms with Gasteiger partial charge in [-0.05, 0) is 25.1 Å². The molecular weight excluding hydrogens is 224 g/mol. The van der Waals surface area contributed by atoms with Crippen LogP contribution in [0, 0.1) is 0 Å². The summed E-state index contributed by atoms with van der Waals surface area (Å²) in [6.45, 7) is 2.89. The lowest BCUT2D eigenvalue weighted by atomic mass is 10.2. The Morgan fingerprint density at radius 1 is 1.67 bits per heavy atom. The quantitative estimate of drug-likeness (QED) is 0.882. The maximum Gasteiger partial charge on any atom is 0.0938 e. The van der Waals surface area contributed by atoms with Crippen LogP contribution in [0.4, 0.5) is 0 Å². The van der Waals surface area contributed by atoms with Crippen molar-refractivity contribution in [2.24, 2.45) is 5.73 Å². The Bertz CT molecular complexity index is 305. The van der Waals surface area contributed by atoms with E-state index in [1.165, 1.54) is 28.5 Å². The lowest BCUT2D eigenvalue weighted by Crippen LogP contribution is -2.07. The highest BCUT2D eigenvalue weighted by atomic mass is 32.2. The third-order valence-corrected chi connectivity index (χ3v) is 5.49. The summed E-state index contributed by atoms with van der Waals surface area (Å²) in [5, 5.41) is 2.11. The Morgan fingerprint density at radius 3 is 3.20 bits per heavy atom. The molecule has 4 heteroatoms. The summed E-state index contributed by atoms with van der Waals surface area (Å²) in [4.78, 5) is 5.84. The second-order valence-electron chi connectivity index (χ2n) is 4.13. The van der Waals surface area contributed by atoms with Gasteiger partial charge >= 0.3 is 0 Å². The zero-order valence-corrected chi connectivity index (χ0v) is 10.7. The largest absolute Gasteiger partial charge is 0.330 e. The molecule has 0 aliphatic carbocycles. The molecule has 84 valence electrons. The molecule has 0 amide bonds. The van der Waals surface area contributed by atoms with Gasteiger partial charge in [-0.25, -0.2) is 4.98 Å². The lowest BCUT2D eigenvalue weighted by molar-refractivity contribution is 0.772. The van der Waals surface area contributed by atoms with Gasteiger partial charge in [0.25, 0.3) is 0 Å². The van der Waals surface area contributed by atoms with E-state index in [0.717, 1.165) is 18.2 Å². The Labute approximate surface area is 99.7 Å². The first-order valence-electron chi connectivity index (χ1n) is 5.56. The molecule has 1 fully saturated rings. The summed E-state index contributed by atoms with van der Waals surface area (Å²) in [6.07, 6.45) is 5.92. The van der Waals surface area contributed by atoms with E-state index in [1.807, 2.05) is 17.5 Å². The molecule has 2 atom stereocenters. The highest BCUT2D eigenvalue weighted by molar-refractivity contribution is 8.00. The summed E-state index contributed by atoms with van der Waals surface area (Å²) in [7, 11) is 0. The molecule has 0 radical (unpaired) electrons. The number of hydrogen-bond acceptors (Lipinski definition) is 4. The van der Waals surface area contributed by atoms with Crippen molar-refractivity contribution < 1.29 is 0 Å². The second-order valence-corrected chi connectivity index (χ2v) is 6.69. The minimum absolute atomic E-state index is 0.465. The van der Waals surface area contributed by atoms with Crippen LogP contribution < -0.4 is 5.73 Å². The van der Waals surface area contributed by atoms with Crippen LogP contribution in [0.3, 0.4) is 0 Å². The van der Waals surface area contributed by atoms with Crippen molar-refractivity contribution in [1.29, 1.82) is 0 Å². The zero-order chi connectivity index (χ0) is 10.7. The lowest BCUT2D eigenvalue weighted by Gasteiger charge is -2.05. The Kier molecular flexibility index (Phi) is 4.05. The summed E-state index contributed by atoms with van der Waals surface area (Å²) < 4.78 is 0. The molecule has 2 unspecified atom stereocenters. The van der Waals surface area contributed by atoms with Gasteiger partial charge in [0.2, 0.25) is 0 Å². The van der Waals surface area contributed by atoms with Crippen molar-refractivity contribution >= 4 is 23.1 Å². The molecule has 0 saturated carbocycles. The predicted octanol–water partition coefficient (Wildman–Crippen LogP) is 2.64. The monoisotopic (exact) mass is 242 g/mol. The standard InChI is InChI=1S/C11H18N2S2/c1-8(6-12)10-7-13-11(15-10)5-9-3-2-4-14-9/h7-9H,2-6,12H2,1H3. The van der Waals surface area contributed by atoms with Crippen LogP contribution in [0.5, 0.6) is 0 Å². The molecule has 2 N–H and O–H groups in total. The molecule has 0 aromatic carbocycles. The van der Waals surface area contributed by atoms with Gasteiger partial charge in [0, 0.05) is 28.7 Å². The molecule has 2 rings (SSSR count). The summed E-state index contributed by atoms with van der Waals surface area (Å²) in [5.74, 6) is 1.80. The first-order chi connectivity index (χ1) is 7.29. The molecule has 1 aliphatic rings. The predicted molar refractivity (Wildman–Crippen MR) is 68.8 cm³/mol. The van der Waals surface area contributed by atoms with Gasteiger partial charge < -0.3 is 5.73 Å². The third-order valence-electron chi connectivity index (χ3n) is 2.84. The summed E-state index contributed by atoms with van der Waals surface area (Å²) in [5.41, 5.74) is 5.65. The van der Waals surface area contributed by atoms with Crippen LogP contribution in [0.15, 0.2) is 6.20 Å². The van der Waals surface area contributed by atoms with E-state index in [4.69, 9.17) is 5.73 Å². The fourth-order valence-electron chi connectivity index (χ4n) is 1.76. The summed E-state index contributed by atoms with van der Waals surface area (Å²) in [6, 6.07) is 0. The minimum Gasteiger partial charge on any atom is -0.330 e. The smallest absolute Gasteiger partial charge is 0.0938 e. The van der Waals surface area contributed by atoms with E-state index in [2.05, 4.69) is 23.7 Å². The van der Waals surface area contributed by atoms with Crippen molar-refractivity contribution in [2.75, 3.05) is 12.3 Å². The van der Waals surface area contributed by atoms with E-state index >= 15 is 0 Å². The van der Waals surface area contributed by atoms with Crippen molar-refractivity contribution in [3.63, 3.8) is 0 Å². The molecular formula is C11H18N2S2. The number of hydrogen-bond donors (Lipinski definition) is 1. The maximum absolute atomic E-state index is 5.65. The minimum atomic E-state index is 0.465. The number of nitrogens with zero attached hydrogens (tertiary/aromatic N) is 1. The van der Waals surface area contributed by atoms with Gasteiger partial charge in [-0.1, -0.05) is 6.92 Å². The van der Waals surface area contributed by atoms with Gasteiger partial charge in [-0.15, -0.1) is 11.3 Å². The van der Waals surface area contributed by atoms with Gasteiger partial charge in [0.15, 0.2) is 0 Å². The average molecular weight is 242 g/mol. The molecule has 1 aromatic rings. The van der Waals surface area contributed by atoms with Crippen LogP contribution in [0.25, 0.3) is 0 Å².